The molecule has 1 aromatic carbocycles. The maximum atomic E-state index is 13.3. The Kier molecular flexibility index (Phi) is 5.04. The van der Waals surface area contributed by atoms with Crippen molar-refractivity contribution in [2.45, 2.75) is 12.8 Å². The van der Waals surface area contributed by atoms with Crippen LogP contribution in [0.3, 0.4) is 0 Å². The summed E-state index contributed by atoms with van der Waals surface area (Å²) in [4.78, 5) is 15.9. The van der Waals surface area contributed by atoms with Crippen molar-refractivity contribution in [3.63, 3.8) is 0 Å². The molecule has 6 heteroatoms. The fraction of sp³-hybridized carbons (Fsp3) is 0.250. The number of rotatable bonds is 5. The molecule has 22 heavy (non-hydrogen) atoms. The molecule has 1 heterocycles. The first kappa shape index (κ1) is 15.9. The van der Waals surface area contributed by atoms with Crippen molar-refractivity contribution in [3.8, 4) is 0 Å². The van der Waals surface area contributed by atoms with Gasteiger partial charge in [-0.25, -0.2) is 13.8 Å². The number of amides is 1. The molecule has 0 aliphatic carbocycles. The van der Waals surface area contributed by atoms with Crippen LogP contribution in [0.5, 0.6) is 0 Å². The number of benzene rings is 1. The Hall–Kier alpha value is -2.50. The second-order valence-corrected chi connectivity index (χ2v) is 4.93. The van der Waals surface area contributed by atoms with Crippen LogP contribution in [0.2, 0.25) is 0 Å². The monoisotopic (exact) mass is 305 g/mol. The molecule has 0 aliphatic heterocycles. The second-order valence-electron chi connectivity index (χ2n) is 4.93. The molecular formula is C16H17F2N3O. The predicted molar refractivity (Wildman–Crippen MR) is 80.9 cm³/mol. The average molecular weight is 305 g/mol. The van der Waals surface area contributed by atoms with Crippen molar-refractivity contribution in [2.75, 3.05) is 18.9 Å². The lowest BCUT2D eigenvalue weighted by molar-refractivity contribution is 0.0963. The number of carbonyl (C=O) groups is 1. The van der Waals surface area contributed by atoms with Gasteiger partial charge in [0.15, 0.2) is 11.6 Å². The quantitative estimate of drug-likeness (QED) is 0.893. The molecule has 1 unspecified atom stereocenters. The molecule has 0 bridgehead atoms. The Morgan fingerprint density at radius 3 is 2.73 bits per heavy atom. The second kappa shape index (κ2) is 6.98. The molecular weight excluding hydrogens is 288 g/mol. The molecule has 0 radical (unpaired) electrons. The number of aromatic nitrogens is 1. The van der Waals surface area contributed by atoms with Crippen molar-refractivity contribution in [3.05, 3.63) is 59.3 Å². The van der Waals surface area contributed by atoms with Gasteiger partial charge in [0.2, 0.25) is 0 Å². The van der Waals surface area contributed by atoms with Gasteiger partial charge in [0.05, 0.1) is 5.56 Å². The Labute approximate surface area is 127 Å². The fourth-order valence-electron chi connectivity index (χ4n) is 2.05. The molecule has 0 saturated heterocycles. The predicted octanol–water partition coefficient (Wildman–Crippen LogP) is 2.94. The number of carbonyl (C=O) groups excluding carboxylic acids is 1. The summed E-state index contributed by atoms with van der Waals surface area (Å²) < 4.78 is 26.2. The third kappa shape index (κ3) is 3.58. The van der Waals surface area contributed by atoms with Gasteiger partial charge in [-0.15, -0.1) is 0 Å². The molecule has 1 aromatic heterocycles. The number of nitrogens with zero attached hydrogens (tertiary/aromatic N) is 1. The fourth-order valence-corrected chi connectivity index (χ4v) is 2.05. The van der Waals surface area contributed by atoms with E-state index in [-0.39, 0.29) is 11.8 Å². The summed E-state index contributed by atoms with van der Waals surface area (Å²) in [7, 11) is 1.54. The van der Waals surface area contributed by atoms with E-state index in [2.05, 4.69) is 15.6 Å². The third-order valence-corrected chi connectivity index (χ3v) is 3.37. The highest BCUT2D eigenvalue weighted by Gasteiger charge is 2.13. The highest BCUT2D eigenvalue weighted by atomic mass is 19.2. The van der Waals surface area contributed by atoms with E-state index in [1.807, 2.05) is 6.92 Å². The van der Waals surface area contributed by atoms with Crippen LogP contribution in [0.15, 0.2) is 36.5 Å². The van der Waals surface area contributed by atoms with Gasteiger partial charge in [-0.1, -0.05) is 13.0 Å². The van der Waals surface area contributed by atoms with Gasteiger partial charge in [-0.2, -0.15) is 0 Å². The highest BCUT2D eigenvalue weighted by Crippen LogP contribution is 2.19. The molecule has 0 spiro atoms. The number of halogens is 2. The molecule has 4 nitrogen and oxygen atoms in total. The molecule has 0 aliphatic rings. The van der Waals surface area contributed by atoms with E-state index >= 15 is 0 Å². The van der Waals surface area contributed by atoms with Crippen molar-refractivity contribution >= 4 is 11.7 Å². The van der Waals surface area contributed by atoms with E-state index in [1.54, 1.807) is 31.4 Å². The summed E-state index contributed by atoms with van der Waals surface area (Å²) in [5.41, 5.74) is 1.10. The first-order valence-corrected chi connectivity index (χ1v) is 6.89. The maximum absolute atomic E-state index is 13.3. The van der Waals surface area contributed by atoms with Gasteiger partial charge in [0.1, 0.15) is 5.82 Å². The minimum Gasteiger partial charge on any atom is -0.369 e. The summed E-state index contributed by atoms with van der Waals surface area (Å²) in [6, 6.07) is 7.17. The topological polar surface area (TPSA) is 54.0 Å². The largest absolute Gasteiger partial charge is 0.369 e. The van der Waals surface area contributed by atoms with Gasteiger partial charge in [0.25, 0.3) is 5.91 Å². The van der Waals surface area contributed by atoms with E-state index in [9.17, 15) is 13.6 Å². The molecule has 1 amide bonds. The third-order valence-electron chi connectivity index (χ3n) is 3.37. The lowest BCUT2D eigenvalue weighted by Gasteiger charge is -2.15. The van der Waals surface area contributed by atoms with Crippen molar-refractivity contribution < 1.29 is 13.6 Å². The number of hydrogen-bond donors (Lipinski definition) is 2. The Morgan fingerprint density at radius 2 is 2.05 bits per heavy atom. The van der Waals surface area contributed by atoms with Gasteiger partial charge in [0, 0.05) is 19.8 Å². The standard InChI is InChI=1S/C16H17F2N3O/c1-10(11-5-6-13(17)14(18)8-11)9-21-15-12(16(22)19-2)4-3-7-20-15/h3-8,10H,9H2,1-2H3,(H,19,22)(H,20,21). The molecule has 0 fully saturated rings. The van der Waals surface area contributed by atoms with Gasteiger partial charge < -0.3 is 10.6 Å². The summed E-state index contributed by atoms with van der Waals surface area (Å²) in [6.45, 7) is 2.31. The van der Waals surface area contributed by atoms with E-state index in [0.29, 0.717) is 23.5 Å². The first-order chi connectivity index (χ1) is 10.5. The van der Waals surface area contributed by atoms with Crippen LogP contribution in [0.1, 0.15) is 28.8 Å². The number of nitrogens with one attached hydrogen (secondary N) is 2. The van der Waals surface area contributed by atoms with Crippen molar-refractivity contribution in [1.29, 1.82) is 0 Å². The number of pyridine rings is 1. The number of anilines is 1. The highest BCUT2D eigenvalue weighted by molar-refractivity contribution is 5.98. The van der Waals surface area contributed by atoms with Crippen LogP contribution < -0.4 is 10.6 Å². The molecule has 2 aromatic rings. The smallest absolute Gasteiger partial charge is 0.254 e. The Morgan fingerprint density at radius 1 is 1.27 bits per heavy atom. The first-order valence-electron chi connectivity index (χ1n) is 6.89. The normalized spacial score (nSPS) is 11.8. The van der Waals surface area contributed by atoms with Crippen molar-refractivity contribution in [1.82, 2.24) is 10.3 Å². The lowest BCUT2D eigenvalue weighted by atomic mass is 10.0. The Bertz CT molecular complexity index is 676. The van der Waals surface area contributed by atoms with Crippen molar-refractivity contribution in [2.24, 2.45) is 0 Å². The van der Waals surface area contributed by atoms with Crippen LogP contribution in [0.25, 0.3) is 0 Å². The van der Waals surface area contributed by atoms with Crippen LogP contribution >= 0.6 is 0 Å². The minimum absolute atomic E-state index is 0.0744. The summed E-state index contributed by atoms with van der Waals surface area (Å²) in [5, 5.41) is 5.62. The Balaban J connectivity index is 2.09. The average Bonchev–Trinajstić information content (AvgIpc) is 2.54. The molecule has 2 rings (SSSR count). The van der Waals surface area contributed by atoms with E-state index < -0.39 is 11.6 Å². The minimum atomic E-state index is -0.867. The van der Waals surface area contributed by atoms with Crippen LogP contribution in [-0.2, 0) is 0 Å². The van der Waals surface area contributed by atoms with Gasteiger partial charge >= 0.3 is 0 Å². The van der Waals surface area contributed by atoms with E-state index in [1.165, 1.54) is 6.07 Å². The van der Waals surface area contributed by atoms with Crippen LogP contribution in [-0.4, -0.2) is 24.5 Å². The summed E-state index contributed by atoms with van der Waals surface area (Å²) >= 11 is 0. The van der Waals surface area contributed by atoms with Crippen LogP contribution in [0, 0.1) is 11.6 Å². The molecule has 1 atom stereocenters. The zero-order chi connectivity index (χ0) is 16.1. The SMILES string of the molecule is CNC(=O)c1cccnc1NCC(C)c1ccc(F)c(F)c1. The number of hydrogen-bond acceptors (Lipinski definition) is 3. The maximum Gasteiger partial charge on any atom is 0.254 e. The van der Waals surface area contributed by atoms with E-state index in [0.717, 1.165) is 6.07 Å². The molecule has 116 valence electrons. The van der Waals surface area contributed by atoms with Crippen LogP contribution in [0.4, 0.5) is 14.6 Å². The zero-order valence-electron chi connectivity index (χ0n) is 12.4. The summed E-state index contributed by atoms with van der Waals surface area (Å²) in [5.74, 6) is -1.59. The molecule has 2 N–H and O–H groups in total. The van der Waals surface area contributed by atoms with Gasteiger partial charge in [-0.05, 0) is 35.7 Å². The zero-order valence-corrected chi connectivity index (χ0v) is 12.4. The van der Waals surface area contributed by atoms with Gasteiger partial charge in [-0.3, -0.25) is 4.79 Å². The molecule has 0 saturated carbocycles. The summed E-state index contributed by atoms with van der Waals surface area (Å²) in [6.07, 6.45) is 1.58. The van der Waals surface area contributed by atoms with E-state index in [4.69, 9.17) is 0 Å². The lowest BCUT2D eigenvalue weighted by Crippen LogP contribution is -2.21.